The van der Waals surface area contributed by atoms with Gasteiger partial charge >= 0.3 is 0 Å². The second-order valence-electron chi connectivity index (χ2n) is 14.7. The number of fused-ring (bicyclic) bond motifs is 3. The molecule has 0 aliphatic heterocycles. The van der Waals surface area contributed by atoms with Crippen LogP contribution in [-0.2, 0) is 6.42 Å². The van der Waals surface area contributed by atoms with E-state index in [1.165, 1.54) is 10.1 Å². The van der Waals surface area contributed by atoms with Crippen LogP contribution >= 0.6 is 0 Å². The van der Waals surface area contributed by atoms with E-state index in [4.69, 9.17) is 23.4 Å². The largest absolute Gasteiger partial charge is 0.458 e. The minimum Gasteiger partial charge on any atom is -0.458 e. The Hall–Kier alpha value is -7.50. The SMILES string of the molecule is [2H]c1c([2H])c([2H])c(-c2cccc(-c3c([2H])c([2H])c([2H])c([2H])c3[2H])c2-[n+]2[c-]n(-c3cccc(Oc4ccc5c6cc(-c7ccccc7)ccc6n(-c6cc(CC(C)C)ccn6)c5c4)c3)cc2)c([2H])c1[2H]. The summed E-state index contributed by atoms with van der Waals surface area (Å²) in [7, 11) is 0. The lowest BCUT2D eigenvalue weighted by atomic mass is 9.96. The van der Waals surface area contributed by atoms with Crippen LogP contribution in [0.3, 0.4) is 0 Å². The van der Waals surface area contributed by atoms with Gasteiger partial charge in [0, 0.05) is 35.4 Å². The van der Waals surface area contributed by atoms with E-state index in [1.807, 2.05) is 60.8 Å². The highest BCUT2D eigenvalue weighted by Gasteiger charge is 2.18. The smallest absolute Gasteiger partial charge is 0.268 e. The molecule has 0 aliphatic rings. The molecule has 284 valence electrons. The number of rotatable bonds is 10. The summed E-state index contributed by atoms with van der Waals surface area (Å²) in [6.45, 7) is 4.40. The van der Waals surface area contributed by atoms with Gasteiger partial charge in [0.05, 0.1) is 36.1 Å². The van der Waals surface area contributed by atoms with Gasteiger partial charge in [0.1, 0.15) is 17.3 Å². The Morgan fingerprint density at radius 1 is 0.644 bits per heavy atom. The van der Waals surface area contributed by atoms with Gasteiger partial charge in [-0.3, -0.25) is 13.7 Å². The number of hydrogen-bond donors (Lipinski definition) is 0. The van der Waals surface area contributed by atoms with Crippen LogP contribution in [0.15, 0.2) is 200 Å². The lowest BCUT2D eigenvalue weighted by Crippen LogP contribution is -2.30. The van der Waals surface area contributed by atoms with Crippen LogP contribution < -0.4 is 9.30 Å². The number of imidazole rings is 1. The Balaban J connectivity index is 1.07. The molecule has 0 bridgehead atoms. The first-order chi connectivity index (χ1) is 33.2. The first-order valence-corrected chi connectivity index (χ1v) is 19.4. The van der Waals surface area contributed by atoms with E-state index >= 15 is 0 Å². The summed E-state index contributed by atoms with van der Waals surface area (Å²) in [5.41, 5.74) is 6.25. The normalized spacial score (nSPS) is 13.8. The van der Waals surface area contributed by atoms with E-state index in [2.05, 4.69) is 73.3 Å². The molecule has 0 fully saturated rings. The molecule has 0 N–H and O–H groups in total. The van der Waals surface area contributed by atoms with Crippen LogP contribution in [0.25, 0.3) is 72.4 Å². The van der Waals surface area contributed by atoms with Crippen LogP contribution in [0.2, 0.25) is 0 Å². The van der Waals surface area contributed by atoms with Crippen molar-refractivity contribution in [3.63, 3.8) is 0 Å². The maximum absolute atomic E-state index is 8.87. The Bertz CT molecular complexity index is 3530. The van der Waals surface area contributed by atoms with Gasteiger partial charge in [-0.05, 0) is 106 Å². The average Bonchev–Trinajstić information content (AvgIpc) is 3.97. The number of ether oxygens (including phenoxy) is 1. The summed E-state index contributed by atoms with van der Waals surface area (Å²) < 4.78 is 97.7. The van der Waals surface area contributed by atoms with Crippen molar-refractivity contribution in [3.8, 4) is 62.1 Å². The zero-order valence-corrected chi connectivity index (χ0v) is 32.3. The lowest BCUT2D eigenvalue weighted by Gasteiger charge is -2.16. The molecule has 10 aromatic rings. The van der Waals surface area contributed by atoms with Crippen molar-refractivity contribution in [3.05, 3.63) is 212 Å². The Kier molecular flexibility index (Phi) is 6.92. The Morgan fingerprint density at radius 3 is 2.12 bits per heavy atom. The quantitative estimate of drug-likeness (QED) is 0.103. The summed E-state index contributed by atoms with van der Waals surface area (Å²) in [5.74, 6) is 2.39. The van der Waals surface area contributed by atoms with Crippen molar-refractivity contribution >= 4 is 21.8 Å². The molecule has 3 heterocycles. The van der Waals surface area contributed by atoms with Gasteiger partial charge in [0.25, 0.3) is 6.33 Å². The number of nitrogens with zero attached hydrogens (tertiary/aromatic N) is 4. The van der Waals surface area contributed by atoms with E-state index in [0.717, 1.165) is 45.2 Å². The number of aromatic nitrogens is 4. The number of para-hydroxylation sites is 1. The minimum atomic E-state index is -0.562. The maximum atomic E-state index is 8.87. The molecule has 0 amide bonds. The predicted octanol–water partition coefficient (Wildman–Crippen LogP) is 13.0. The number of benzene rings is 7. The van der Waals surface area contributed by atoms with Gasteiger partial charge in [0.2, 0.25) is 0 Å². The van der Waals surface area contributed by atoms with Crippen molar-refractivity contribution in [1.29, 1.82) is 0 Å². The monoisotopic (exact) mass is 772 g/mol. The molecular formula is C54H42N4O. The van der Waals surface area contributed by atoms with E-state index in [9.17, 15) is 0 Å². The zero-order valence-electron chi connectivity index (χ0n) is 42.3. The summed E-state index contributed by atoms with van der Waals surface area (Å²) in [5, 5.41) is 2.12. The van der Waals surface area contributed by atoms with Crippen LogP contribution in [0.5, 0.6) is 11.5 Å². The third-order valence-corrected chi connectivity index (χ3v) is 10.3. The highest BCUT2D eigenvalue weighted by atomic mass is 16.5. The first kappa shape index (κ1) is 26.4. The van der Waals surface area contributed by atoms with E-state index in [-0.39, 0.29) is 27.9 Å². The lowest BCUT2D eigenvalue weighted by molar-refractivity contribution is -0.598. The second kappa shape index (κ2) is 15.4. The molecule has 59 heavy (non-hydrogen) atoms. The molecule has 0 aliphatic carbocycles. The van der Waals surface area contributed by atoms with E-state index in [0.29, 0.717) is 23.1 Å². The maximum Gasteiger partial charge on any atom is 0.268 e. The molecule has 10 rings (SSSR count). The molecule has 0 unspecified atom stereocenters. The Morgan fingerprint density at radius 2 is 1.37 bits per heavy atom. The summed E-state index contributed by atoms with van der Waals surface area (Å²) in [6.07, 6.45) is 9.40. The number of hydrogen-bond acceptors (Lipinski definition) is 2. The van der Waals surface area contributed by atoms with Gasteiger partial charge < -0.3 is 4.74 Å². The van der Waals surface area contributed by atoms with Crippen molar-refractivity contribution in [2.24, 2.45) is 5.92 Å². The highest BCUT2D eigenvalue weighted by Crippen LogP contribution is 2.38. The zero-order chi connectivity index (χ0) is 48.4. The summed E-state index contributed by atoms with van der Waals surface area (Å²) in [4.78, 5) is 4.87. The molecule has 0 radical (unpaired) electrons. The Labute approximate surface area is 358 Å². The highest BCUT2D eigenvalue weighted by molar-refractivity contribution is 6.10. The summed E-state index contributed by atoms with van der Waals surface area (Å²) >= 11 is 0. The third-order valence-electron chi connectivity index (χ3n) is 10.3. The van der Waals surface area contributed by atoms with E-state index < -0.39 is 60.4 Å². The molecule has 7 aromatic carbocycles. The number of pyridine rings is 1. The first-order valence-electron chi connectivity index (χ1n) is 24.4. The summed E-state index contributed by atoms with van der Waals surface area (Å²) in [6, 6.07) is 34.0. The topological polar surface area (TPSA) is 35.9 Å². The van der Waals surface area contributed by atoms with Gasteiger partial charge in [-0.25, -0.2) is 4.98 Å². The molecule has 3 aromatic heterocycles. The molecule has 0 atom stereocenters. The van der Waals surface area contributed by atoms with Gasteiger partial charge in [-0.15, -0.1) is 0 Å². The van der Waals surface area contributed by atoms with Crippen LogP contribution in [-0.4, -0.2) is 14.1 Å². The van der Waals surface area contributed by atoms with Gasteiger partial charge in [-0.1, -0.05) is 135 Å². The predicted molar refractivity (Wildman–Crippen MR) is 240 cm³/mol. The van der Waals surface area contributed by atoms with Gasteiger partial charge in [-0.2, -0.15) is 0 Å². The second-order valence-corrected chi connectivity index (χ2v) is 14.7. The van der Waals surface area contributed by atoms with Crippen molar-refractivity contribution in [2.45, 2.75) is 20.3 Å². The fourth-order valence-corrected chi connectivity index (χ4v) is 7.70. The molecule has 0 spiro atoms. The molecule has 0 saturated carbocycles. The average molecular weight is 773 g/mol. The molecular weight excluding hydrogens is 721 g/mol. The molecule has 5 nitrogen and oxygen atoms in total. The van der Waals surface area contributed by atoms with E-state index in [1.54, 1.807) is 35.2 Å². The van der Waals surface area contributed by atoms with Gasteiger partial charge in [0.15, 0.2) is 0 Å². The molecule has 5 heteroatoms. The fourth-order valence-electron chi connectivity index (χ4n) is 7.70. The standard InChI is InChI=1S/C54H42N4O/c1-38(2)32-39-28-29-55-53(33-39)58-51-27-24-43(40-14-6-3-7-15-40)34-50(51)49-26-25-46(36-52(49)58)59-45-21-12-20-44(35-45)56-30-31-57(37-56)54-47(41-16-8-4-9-17-41)22-13-23-48(54)42-18-10-5-11-19-42/h3-31,33-36,38H,32H2,1-2H3/i4D,5D,8D,9D,10D,11D,16D,17D,18D,19D. The van der Waals surface area contributed by atoms with Crippen LogP contribution in [0, 0.1) is 12.2 Å². The van der Waals surface area contributed by atoms with Crippen LogP contribution in [0.4, 0.5) is 0 Å². The minimum absolute atomic E-state index is 0.124. The third kappa shape index (κ3) is 7.08. The van der Waals surface area contributed by atoms with Crippen molar-refractivity contribution in [1.82, 2.24) is 14.1 Å². The van der Waals surface area contributed by atoms with Crippen molar-refractivity contribution in [2.75, 3.05) is 0 Å². The molecule has 0 saturated heterocycles. The van der Waals surface area contributed by atoms with Crippen LogP contribution in [0.1, 0.15) is 33.1 Å². The van der Waals surface area contributed by atoms with Crippen molar-refractivity contribution < 1.29 is 23.0 Å². The fraction of sp³-hybridized carbons (Fsp3) is 0.0741.